The number of amides is 1. The Hall–Kier alpha value is -2.56. The molecular weight excluding hydrogens is 400 g/mol. The molecule has 10 heteroatoms. The highest BCUT2D eigenvalue weighted by Gasteiger charge is 2.32. The van der Waals surface area contributed by atoms with E-state index >= 15 is 0 Å². The van der Waals surface area contributed by atoms with Crippen LogP contribution >= 0.6 is 11.7 Å². The molecule has 0 radical (unpaired) electrons. The molecule has 1 aliphatic rings. The van der Waals surface area contributed by atoms with Crippen LogP contribution in [-0.4, -0.2) is 65.6 Å². The number of nitrogens with zero attached hydrogens (tertiary/aromatic N) is 4. The first-order valence-corrected chi connectivity index (χ1v) is 10.8. The molecule has 28 heavy (non-hydrogen) atoms. The molecule has 2 heterocycles. The summed E-state index contributed by atoms with van der Waals surface area (Å²) in [5.74, 6) is 0.338. The van der Waals surface area contributed by atoms with Gasteiger partial charge in [-0.3, -0.25) is 4.79 Å². The Morgan fingerprint density at radius 3 is 2.54 bits per heavy atom. The Morgan fingerprint density at radius 1 is 1.04 bits per heavy atom. The van der Waals surface area contributed by atoms with Gasteiger partial charge in [-0.2, -0.15) is 13.1 Å². The van der Waals surface area contributed by atoms with Gasteiger partial charge >= 0.3 is 0 Å². The number of fused-ring (bicyclic) bond motifs is 1. The standard InChI is InChI=1S/C18H18N4O4S2/c1-26-15-7-3-2-5-13(15)18(23)21-9-11-22(12-10-21)28(24,25)16-8-4-6-14-17(16)20-27-19-14/h2-8H,9-12H2,1H3. The largest absolute Gasteiger partial charge is 0.496 e. The van der Waals surface area contributed by atoms with Crippen molar-refractivity contribution in [2.75, 3.05) is 33.3 Å². The molecule has 1 amide bonds. The molecule has 146 valence electrons. The summed E-state index contributed by atoms with van der Waals surface area (Å²) in [6.45, 7) is 1.05. The third kappa shape index (κ3) is 3.23. The SMILES string of the molecule is COc1ccccc1C(=O)N1CCN(S(=O)(=O)c2cccc3nsnc23)CC1. The fourth-order valence-corrected chi connectivity index (χ4v) is 5.43. The van der Waals surface area contributed by atoms with Crippen molar-refractivity contribution < 1.29 is 17.9 Å². The first-order valence-electron chi connectivity index (χ1n) is 8.66. The number of piperazine rings is 1. The van der Waals surface area contributed by atoms with E-state index in [2.05, 4.69) is 8.75 Å². The van der Waals surface area contributed by atoms with E-state index in [1.54, 1.807) is 47.4 Å². The predicted molar refractivity (Wildman–Crippen MR) is 105 cm³/mol. The summed E-state index contributed by atoms with van der Waals surface area (Å²) in [5, 5.41) is 0. The third-order valence-corrected chi connectivity index (χ3v) is 7.20. The molecule has 0 N–H and O–H groups in total. The number of aromatic nitrogens is 2. The zero-order valence-electron chi connectivity index (χ0n) is 15.1. The summed E-state index contributed by atoms with van der Waals surface area (Å²) in [6.07, 6.45) is 0. The van der Waals surface area contributed by atoms with Crippen molar-refractivity contribution in [1.29, 1.82) is 0 Å². The Morgan fingerprint density at radius 2 is 1.79 bits per heavy atom. The van der Waals surface area contributed by atoms with Crippen molar-refractivity contribution in [2.24, 2.45) is 0 Å². The number of hydrogen-bond donors (Lipinski definition) is 0. The maximum Gasteiger partial charge on any atom is 0.257 e. The molecule has 4 rings (SSSR count). The van der Waals surface area contributed by atoms with E-state index in [1.807, 2.05) is 0 Å². The first-order chi connectivity index (χ1) is 13.5. The van der Waals surface area contributed by atoms with Crippen LogP contribution in [0.3, 0.4) is 0 Å². The maximum atomic E-state index is 13.1. The van der Waals surface area contributed by atoms with Crippen LogP contribution in [0.4, 0.5) is 0 Å². The number of hydrogen-bond acceptors (Lipinski definition) is 7. The topological polar surface area (TPSA) is 92.7 Å². The number of methoxy groups -OCH3 is 1. The normalized spacial score (nSPS) is 15.7. The van der Waals surface area contributed by atoms with Crippen molar-refractivity contribution in [3.05, 3.63) is 48.0 Å². The molecule has 0 bridgehead atoms. The van der Waals surface area contributed by atoms with Gasteiger partial charge in [-0.05, 0) is 24.3 Å². The van der Waals surface area contributed by atoms with Gasteiger partial charge in [-0.1, -0.05) is 18.2 Å². The number of para-hydroxylation sites is 1. The first kappa shape index (κ1) is 18.8. The second-order valence-corrected chi connectivity index (χ2v) is 8.72. The van der Waals surface area contributed by atoms with Crippen LogP contribution in [-0.2, 0) is 10.0 Å². The summed E-state index contributed by atoms with van der Waals surface area (Å²) in [7, 11) is -2.19. The fourth-order valence-electron chi connectivity index (χ4n) is 3.25. The van der Waals surface area contributed by atoms with Crippen molar-refractivity contribution in [2.45, 2.75) is 4.90 Å². The Bertz CT molecular complexity index is 1120. The monoisotopic (exact) mass is 418 g/mol. The van der Waals surface area contributed by atoms with E-state index in [0.29, 0.717) is 35.4 Å². The lowest BCUT2D eigenvalue weighted by atomic mass is 10.1. The van der Waals surface area contributed by atoms with Gasteiger partial charge in [0, 0.05) is 26.2 Å². The molecule has 0 aliphatic carbocycles. The highest BCUT2D eigenvalue weighted by Crippen LogP contribution is 2.26. The van der Waals surface area contributed by atoms with Gasteiger partial charge in [0.2, 0.25) is 10.0 Å². The van der Waals surface area contributed by atoms with E-state index < -0.39 is 10.0 Å². The number of ether oxygens (including phenoxy) is 1. The lowest BCUT2D eigenvalue weighted by Gasteiger charge is -2.34. The van der Waals surface area contributed by atoms with Crippen LogP contribution in [0.25, 0.3) is 11.0 Å². The van der Waals surface area contributed by atoms with E-state index in [0.717, 1.165) is 11.7 Å². The van der Waals surface area contributed by atoms with Crippen LogP contribution in [0.1, 0.15) is 10.4 Å². The molecule has 1 aromatic heterocycles. The molecule has 0 saturated carbocycles. The molecule has 0 unspecified atom stereocenters. The minimum Gasteiger partial charge on any atom is -0.496 e. The van der Waals surface area contributed by atoms with Gasteiger partial charge in [0.25, 0.3) is 5.91 Å². The molecule has 1 fully saturated rings. The van der Waals surface area contributed by atoms with E-state index in [9.17, 15) is 13.2 Å². The van der Waals surface area contributed by atoms with Crippen LogP contribution in [0.5, 0.6) is 5.75 Å². The van der Waals surface area contributed by atoms with Crippen LogP contribution in [0.15, 0.2) is 47.4 Å². The smallest absolute Gasteiger partial charge is 0.257 e. The van der Waals surface area contributed by atoms with Gasteiger partial charge in [0.05, 0.1) is 24.4 Å². The molecule has 8 nitrogen and oxygen atoms in total. The summed E-state index contributed by atoms with van der Waals surface area (Å²) in [6, 6.07) is 12.0. The summed E-state index contributed by atoms with van der Waals surface area (Å²) < 4.78 is 41.1. The van der Waals surface area contributed by atoms with Crippen LogP contribution in [0, 0.1) is 0 Å². The molecule has 0 atom stereocenters. The number of carbonyl (C=O) groups is 1. The fraction of sp³-hybridized carbons (Fsp3) is 0.278. The van der Waals surface area contributed by atoms with Crippen LogP contribution < -0.4 is 4.74 Å². The van der Waals surface area contributed by atoms with Gasteiger partial charge in [0.15, 0.2) is 0 Å². The zero-order valence-corrected chi connectivity index (χ0v) is 16.7. The average Bonchev–Trinajstić information content (AvgIpc) is 3.22. The summed E-state index contributed by atoms with van der Waals surface area (Å²) >= 11 is 0.987. The Labute approximate surface area is 166 Å². The average molecular weight is 419 g/mol. The van der Waals surface area contributed by atoms with Crippen molar-refractivity contribution in [1.82, 2.24) is 18.0 Å². The zero-order chi connectivity index (χ0) is 19.7. The molecule has 1 aliphatic heterocycles. The van der Waals surface area contributed by atoms with Gasteiger partial charge in [-0.25, -0.2) is 8.42 Å². The third-order valence-electron chi connectivity index (χ3n) is 4.73. The summed E-state index contributed by atoms with van der Waals surface area (Å²) in [4.78, 5) is 14.6. The van der Waals surface area contributed by atoms with Gasteiger partial charge in [0.1, 0.15) is 21.7 Å². The molecular formula is C18H18N4O4S2. The lowest BCUT2D eigenvalue weighted by molar-refractivity contribution is 0.0694. The minimum atomic E-state index is -3.71. The number of rotatable bonds is 4. The highest BCUT2D eigenvalue weighted by atomic mass is 32.2. The minimum absolute atomic E-state index is 0.156. The second-order valence-electron chi connectivity index (χ2n) is 6.28. The van der Waals surface area contributed by atoms with E-state index in [1.165, 1.54) is 11.4 Å². The van der Waals surface area contributed by atoms with E-state index in [4.69, 9.17) is 4.74 Å². The van der Waals surface area contributed by atoms with Crippen LogP contribution in [0.2, 0.25) is 0 Å². The molecule has 1 saturated heterocycles. The second kappa shape index (κ2) is 7.46. The number of carbonyl (C=O) groups excluding carboxylic acids is 1. The van der Waals surface area contributed by atoms with E-state index in [-0.39, 0.29) is 23.9 Å². The predicted octanol–water partition coefficient (Wildman–Crippen LogP) is 1.85. The quantitative estimate of drug-likeness (QED) is 0.642. The highest BCUT2D eigenvalue weighted by molar-refractivity contribution is 7.89. The van der Waals surface area contributed by atoms with Gasteiger partial charge < -0.3 is 9.64 Å². The molecule has 0 spiro atoms. The Balaban J connectivity index is 1.52. The van der Waals surface area contributed by atoms with Crippen molar-refractivity contribution in [3.8, 4) is 5.75 Å². The molecule has 2 aromatic carbocycles. The van der Waals surface area contributed by atoms with Crippen molar-refractivity contribution in [3.63, 3.8) is 0 Å². The number of sulfonamides is 1. The van der Waals surface area contributed by atoms with Gasteiger partial charge in [-0.15, -0.1) is 0 Å². The lowest BCUT2D eigenvalue weighted by Crippen LogP contribution is -2.50. The number of benzene rings is 2. The summed E-state index contributed by atoms with van der Waals surface area (Å²) in [5.41, 5.74) is 1.43. The molecule has 3 aromatic rings. The van der Waals surface area contributed by atoms with Crippen molar-refractivity contribution >= 4 is 38.7 Å². The Kier molecular flexibility index (Phi) is 5.00. The maximum absolute atomic E-state index is 13.1.